The molecule has 2 rings (SSSR count). The minimum absolute atomic E-state index is 0.109. The van der Waals surface area contributed by atoms with Crippen LogP contribution in [0, 0.1) is 0 Å². The Balaban J connectivity index is 2.24. The zero-order valence-corrected chi connectivity index (χ0v) is 14.4. The first kappa shape index (κ1) is 16.0. The van der Waals surface area contributed by atoms with E-state index in [2.05, 4.69) is 66.3 Å². The highest BCUT2D eigenvalue weighted by atomic mass is 32.1. The van der Waals surface area contributed by atoms with Crippen molar-refractivity contribution in [2.24, 2.45) is 0 Å². The molecule has 0 unspecified atom stereocenters. The van der Waals surface area contributed by atoms with Crippen LogP contribution in [-0.2, 0) is 0 Å². The maximum Gasteiger partial charge on any atom is 0.167 e. The molecule has 1 heterocycles. The van der Waals surface area contributed by atoms with Crippen LogP contribution in [0.25, 0.3) is 0 Å². The molecule has 0 spiro atoms. The molecule has 0 aliphatic rings. The van der Waals surface area contributed by atoms with E-state index in [9.17, 15) is 0 Å². The number of hydrogen-bond donors (Lipinski definition) is 2. The Labute approximate surface area is 136 Å². The maximum atomic E-state index is 5.35. The Bertz CT molecular complexity index is 559. The molecular weight excluding hydrogens is 296 g/mol. The Hall–Kier alpha value is -1.39. The molecule has 2 aromatic rings. The van der Waals surface area contributed by atoms with E-state index in [0.717, 1.165) is 6.54 Å². The molecule has 0 amide bonds. The second-order valence-electron chi connectivity index (χ2n) is 5.27. The molecule has 0 saturated carbocycles. The summed E-state index contributed by atoms with van der Waals surface area (Å²) >= 11 is 7.10. The topological polar surface area (TPSA) is 24.1 Å². The number of thiocarbonyl (C=S) groups is 1. The van der Waals surface area contributed by atoms with Crippen LogP contribution in [0.1, 0.15) is 48.7 Å². The minimum atomic E-state index is 0.109. The lowest BCUT2D eigenvalue weighted by Gasteiger charge is -2.20. The number of benzene rings is 1. The van der Waals surface area contributed by atoms with Crippen LogP contribution >= 0.6 is 23.6 Å². The van der Waals surface area contributed by atoms with Gasteiger partial charge in [-0.05, 0) is 47.6 Å². The van der Waals surface area contributed by atoms with Gasteiger partial charge in [-0.25, -0.2) is 0 Å². The van der Waals surface area contributed by atoms with Crippen molar-refractivity contribution in [2.75, 3.05) is 6.54 Å². The molecule has 0 fully saturated rings. The monoisotopic (exact) mass is 318 g/mol. The summed E-state index contributed by atoms with van der Waals surface area (Å²) in [7, 11) is 0. The van der Waals surface area contributed by atoms with E-state index in [0.29, 0.717) is 11.0 Å². The standard InChI is InChI=1S/C17H22N2S2/c1-4-18-17(20)19-16(15-6-5-11-21-15)14-9-7-13(8-10-14)12(2)3/h5-12,16H,4H2,1-3H3,(H2,18,19,20)/t16-/m0/s1. The summed E-state index contributed by atoms with van der Waals surface area (Å²) < 4.78 is 0. The first-order valence-corrected chi connectivity index (χ1v) is 8.58. The van der Waals surface area contributed by atoms with Gasteiger partial charge in [0.2, 0.25) is 0 Å². The molecule has 21 heavy (non-hydrogen) atoms. The second-order valence-corrected chi connectivity index (χ2v) is 6.66. The van der Waals surface area contributed by atoms with Crippen LogP contribution in [0.4, 0.5) is 0 Å². The van der Waals surface area contributed by atoms with Crippen LogP contribution in [0.3, 0.4) is 0 Å². The van der Waals surface area contributed by atoms with E-state index in [-0.39, 0.29) is 6.04 Å². The molecule has 112 valence electrons. The number of nitrogens with one attached hydrogen (secondary N) is 2. The fourth-order valence-electron chi connectivity index (χ4n) is 2.19. The molecule has 0 radical (unpaired) electrons. The lowest BCUT2D eigenvalue weighted by molar-refractivity contribution is 0.753. The molecule has 0 aliphatic heterocycles. The van der Waals surface area contributed by atoms with Crippen molar-refractivity contribution in [3.63, 3.8) is 0 Å². The van der Waals surface area contributed by atoms with Gasteiger partial charge < -0.3 is 10.6 Å². The van der Waals surface area contributed by atoms with E-state index >= 15 is 0 Å². The van der Waals surface area contributed by atoms with Crippen molar-refractivity contribution < 1.29 is 0 Å². The maximum absolute atomic E-state index is 5.35. The highest BCUT2D eigenvalue weighted by molar-refractivity contribution is 7.80. The quantitative estimate of drug-likeness (QED) is 0.797. The SMILES string of the molecule is CCNC(=S)N[C@@H](c1ccc(C(C)C)cc1)c1cccs1. The zero-order valence-electron chi connectivity index (χ0n) is 12.7. The molecule has 0 aliphatic carbocycles. The molecule has 2 N–H and O–H groups in total. The van der Waals surface area contributed by atoms with Gasteiger partial charge in [-0.1, -0.05) is 44.2 Å². The second kappa shape index (κ2) is 7.57. The van der Waals surface area contributed by atoms with E-state index in [1.165, 1.54) is 16.0 Å². The average molecular weight is 319 g/mol. The fraction of sp³-hybridized carbons (Fsp3) is 0.353. The van der Waals surface area contributed by atoms with Crippen molar-refractivity contribution >= 4 is 28.7 Å². The smallest absolute Gasteiger partial charge is 0.167 e. The lowest BCUT2D eigenvalue weighted by atomic mass is 9.98. The molecule has 0 bridgehead atoms. The molecule has 1 aromatic carbocycles. The third kappa shape index (κ3) is 4.29. The predicted octanol–water partition coefficient (Wildman–Crippen LogP) is 4.44. The van der Waals surface area contributed by atoms with Crippen LogP contribution in [0.2, 0.25) is 0 Å². The van der Waals surface area contributed by atoms with Crippen LogP contribution in [-0.4, -0.2) is 11.7 Å². The Morgan fingerprint density at radius 1 is 1.14 bits per heavy atom. The summed E-state index contributed by atoms with van der Waals surface area (Å²) in [4.78, 5) is 1.27. The van der Waals surface area contributed by atoms with E-state index < -0.39 is 0 Å². The lowest BCUT2D eigenvalue weighted by Crippen LogP contribution is -2.37. The number of rotatable bonds is 5. The van der Waals surface area contributed by atoms with E-state index in [1.807, 2.05) is 6.92 Å². The van der Waals surface area contributed by atoms with Crippen molar-refractivity contribution in [2.45, 2.75) is 32.7 Å². The summed E-state index contributed by atoms with van der Waals surface area (Å²) in [5.74, 6) is 0.551. The highest BCUT2D eigenvalue weighted by Gasteiger charge is 2.16. The highest BCUT2D eigenvalue weighted by Crippen LogP contribution is 2.27. The first-order valence-electron chi connectivity index (χ1n) is 7.29. The van der Waals surface area contributed by atoms with E-state index in [1.54, 1.807) is 11.3 Å². The molecule has 4 heteroatoms. The van der Waals surface area contributed by atoms with Gasteiger partial charge in [0.25, 0.3) is 0 Å². The molecule has 0 saturated heterocycles. The van der Waals surface area contributed by atoms with Crippen LogP contribution in [0.5, 0.6) is 0 Å². The zero-order chi connectivity index (χ0) is 15.2. The molecule has 2 nitrogen and oxygen atoms in total. The van der Waals surface area contributed by atoms with Gasteiger partial charge in [-0.15, -0.1) is 11.3 Å². The predicted molar refractivity (Wildman–Crippen MR) is 96.1 cm³/mol. The van der Waals surface area contributed by atoms with Crippen LogP contribution in [0.15, 0.2) is 41.8 Å². The Kier molecular flexibility index (Phi) is 5.76. The Morgan fingerprint density at radius 3 is 2.33 bits per heavy atom. The molecule has 1 aromatic heterocycles. The summed E-state index contributed by atoms with van der Waals surface area (Å²) in [6, 6.07) is 13.1. The van der Waals surface area contributed by atoms with Gasteiger partial charge in [-0.2, -0.15) is 0 Å². The third-order valence-corrected chi connectivity index (χ3v) is 4.58. The van der Waals surface area contributed by atoms with Crippen molar-refractivity contribution in [1.82, 2.24) is 10.6 Å². The first-order chi connectivity index (χ1) is 10.1. The van der Waals surface area contributed by atoms with Gasteiger partial charge >= 0.3 is 0 Å². The molecular formula is C17H22N2S2. The van der Waals surface area contributed by atoms with Gasteiger partial charge in [-0.3, -0.25) is 0 Å². The summed E-state index contributed by atoms with van der Waals surface area (Å²) in [6.45, 7) is 7.30. The number of thiophene rings is 1. The Morgan fingerprint density at radius 2 is 1.81 bits per heavy atom. The normalized spacial score (nSPS) is 12.2. The summed E-state index contributed by atoms with van der Waals surface area (Å²) in [5.41, 5.74) is 2.60. The third-order valence-electron chi connectivity index (χ3n) is 3.38. The van der Waals surface area contributed by atoms with Gasteiger partial charge in [0, 0.05) is 11.4 Å². The van der Waals surface area contributed by atoms with Gasteiger partial charge in [0.15, 0.2) is 5.11 Å². The van der Waals surface area contributed by atoms with Crippen molar-refractivity contribution in [1.29, 1.82) is 0 Å². The minimum Gasteiger partial charge on any atom is -0.363 e. The van der Waals surface area contributed by atoms with Crippen molar-refractivity contribution in [3.05, 3.63) is 57.8 Å². The largest absolute Gasteiger partial charge is 0.363 e. The van der Waals surface area contributed by atoms with Crippen LogP contribution < -0.4 is 10.6 Å². The summed E-state index contributed by atoms with van der Waals surface area (Å²) in [6.07, 6.45) is 0. The summed E-state index contributed by atoms with van der Waals surface area (Å²) in [5, 5.41) is 9.38. The average Bonchev–Trinajstić information content (AvgIpc) is 2.99. The van der Waals surface area contributed by atoms with Crippen molar-refractivity contribution in [3.8, 4) is 0 Å². The van der Waals surface area contributed by atoms with Gasteiger partial charge in [0.05, 0.1) is 6.04 Å². The fourth-order valence-corrected chi connectivity index (χ4v) is 3.25. The van der Waals surface area contributed by atoms with Gasteiger partial charge in [0.1, 0.15) is 0 Å². The molecule has 1 atom stereocenters. The number of hydrogen-bond acceptors (Lipinski definition) is 2. The van der Waals surface area contributed by atoms with E-state index in [4.69, 9.17) is 12.2 Å².